The third-order valence-electron chi connectivity index (χ3n) is 4.30. The van der Waals surface area contributed by atoms with Crippen LogP contribution >= 0.6 is 0 Å². The first-order chi connectivity index (χ1) is 10.9. The van der Waals surface area contributed by atoms with Gasteiger partial charge < -0.3 is 15.1 Å². The average Bonchev–Trinajstić information content (AvgIpc) is 3.04. The number of nitrogens with zero attached hydrogens (tertiary/aromatic N) is 2. The molecule has 2 aliphatic heterocycles. The molecule has 132 valence electrons. The highest BCUT2D eigenvalue weighted by Crippen LogP contribution is 2.20. The Morgan fingerprint density at radius 3 is 2.13 bits per heavy atom. The zero-order chi connectivity index (χ0) is 16.9. The predicted molar refractivity (Wildman–Crippen MR) is 86.4 cm³/mol. The minimum atomic E-state index is -3.22. The molecule has 2 N–H and O–H groups in total. The van der Waals surface area contributed by atoms with Gasteiger partial charge in [0.25, 0.3) is 0 Å². The van der Waals surface area contributed by atoms with E-state index in [1.165, 1.54) is 0 Å². The summed E-state index contributed by atoms with van der Waals surface area (Å²) in [5, 5.41) is 2.74. The topological polar surface area (TPSA) is 98.8 Å². The molecule has 3 amide bonds. The van der Waals surface area contributed by atoms with Crippen molar-refractivity contribution in [3.8, 4) is 0 Å². The van der Waals surface area contributed by atoms with Crippen LogP contribution in [0.3, 0.4) is 0 Å². The van der Waals surface area contributed by atoms with Gasteiger partial charge in [-0.1, -0.05) is 0 Å². The Labute approximate surface area is 137 Å². The van der Waals surface area contributed by atoms with Gasteiger partial charge in [-0.2, -0.15) is 0 Å². The minimum Gasteiger partial charge on any atom is -0.355 e. The van der Waals surface area contributed by atoms with E-state index in [9.17, 15) is 18.0 Å². The van der Waals surface area contributed by atoms with Crippen LogP contribution in [-0.4, -0.2) is 75.7 Å². The van der Waals surface area contributed by atoms with E-state index in [0.717, 1.165) is 32.2 Å². The minimum absolute atomic E-state index is 0.0615. The third kappa shape index (κ3) is 5.65. The molecule has 0 unspecified atom stereocenters. The van der Waals surface area contributed by atoms with E-state index in [1.54, 1.807) is 0 Å². The molecule has 0 spiro atoms. The van der Waals surface area contributed by atoms with Crippen molar-refractivity contribution in [3.63, 3.8) is 0 Å². The molecule has 0 aromatic carbocycles. The van der Waals surface area contributed by atoms with Gasteiger partial charge in [0.2, 0.25) is 15.9 Å². The summed E-state index contributed by atoms with van der Waals surface area (Å²) in [6.45, 7) is 3.36. The number of likely N-dealkylation sites (tertiary alicyclic amines) is 2. The second-order valence-corrected chi connectivity index (χ2v) is 8.03. The molecule has 0 radical (unpaired) electrons. The molecule has 0 saturated carbocycles. The van der Waals surface area contributed by atoms with E-state index >= 15 is 0 Å². The molecule has 9 heteroatoms. The summed E-state index contributed by atoms with van der Waals surface area (Å²) in [6.07, 6.45) is 4.55. The van der Waals surface area contributed by atoms with E-state index in [0.29, 0.717) is 25.9 Å². The van der Waals surface area contributed by atoms with E-state index in [2.05, 4.69) is 10.0 Å². The third-order valence-corrected chi connectivity index (χ3v) is 5.03. The molecule has 2 heterocycles. The van der Waals surface area contributed by atoms with Gasteiger partial charge in [-0.15, -0.1) is 0 Å². The molecule has 2 rings (SSSR count). The highest BCUT2D eigenvalue weighted by atomic mass is 32.2. The maximum absolute atomic E-state index is 12.3. The fraction of sp³-hybridized carbons (Fsp3) is 0.857. The summed E-state index contributed by atoms with van der Waals surface area (Å²) in [5.74, 6) is -0.163. The largest absolute Gasteiger partial charge is 0.355 e. The summed E-state index contributed by atoms with van der Waals surface area (Å²) < 4.78 is 24.2. The maximum atomic E-state index is 12.3. The number of piperidine rings is 1. The Bertz CT molecular complexity index is 523. The SMILES string of the molecule is CS(=O)(=O)NCCNC(=O)C1CCN(C(=O)N2CCCC2)CC1. The first-order valence-electron chi connectivity index (χ1n) is 8.13. The molecule has 2 saturated heterocycles. The Balaban J connectivity index is 1.67. The first kappa shape index (κ1) is 18.0. The van der Waals surface area contributed by atoms with Crippen LogP contribution in [0.15, 0.2) is 0 Å². The molecular weight excluding hydrogens is 320 g/mol. The van der Waals surface area contributed by atoms with Crippen LogP contribution in [0.5, 0.6) is 0 Å². The Kier molecular flexibility index (Phi) is 6.23. The molecule has 0 bridgehead atoms. The molecule has 0 aromatic rings. The number of nitrogens with one attached hydrogen (secondary N) is 2. The quantitative estimate of drug-likeness (QED) is 0.661. The molecule has 0 atom stereocenters. The van der Waals surface area contributed by atoms with Crippen molar-refractivity contribution in [1.82, 2.24) is 19.8 Å². The molecule has 0 aromatic heterocycles. The van der Waals surface area contributed by atoms with Crippen LogP contribution in [0, 0.1) is 5.92 Å². The van der Waals surface area contributed by atoms with Crippen LogP contribution in [-0.2, 0) is 14.8 Å². The lowest BCUT2D eigenvalue weighted by molar-refractivity contribution is -0.126. The van der Waals surface area contributed by atoms with Crippen LogP contribution in [0.1, 0.15) is 25.7 Å². The lowest BCUT2D eigenvalue weighted by atomic mass is 9.96. The van der Waals surface area contributed by atoms with E-state index < -0.39 is 10.0 Å². The van der Waals surface area contributed by atoms with Crippen LogP contribution in [0.2, 0.25) is 0 Å². The standard InChI is InChI=1S/C14H26N4O4S/c1-23(21,22)16-7-6-15-13(19)12-4-10-18(11-5-12)14(20)17-8-2-3-9-17/h12,16H,2-11H2,1H3,(H,15,19). The van der Waals surface area contributed by atoms with Crippen molar-refractivity contribution >= 4 is 22.0 Å². The maximum Gasteiger partial charge on any atom is 0.319 e. The summed E-state index contributed by atoms with van der Waals surface area (Å²) >= 11 is 0. The fourth-order valence-corrected chi connectivity index (χ4v) is 3.48. The monoisotopic (exact) mass is 346 g/mol. The summed E-state index contributed by atoms with van der Waals surface area (Å²) in [5.41, 5.74) is 0. The zero-order valence-corrected chi connectivity index (χ0v) is 14.4. The normalized spacial score (nSPS) is 19.9. The van der Waals surface area contributed by atoms with Gasteiger partial charge in [0.1, 0.15) is 0 Å². The van der Waals surface area contributed by atoms with Gasteiger partial charge >= 0.3 is 6.03 Å². The van der Waals surface area contributed by atoms with Crippen LogP contribution < -0.4 is 10.0 Å². The number of amides is 3. The van der Waals surface area contributed by atoms with Crippen LogP contribution in [0.25, 0.3) is 0 Å². The lowest BCUT2D eigenvalue weighted by Gasteiger charge is -2.34. The number of carbonyl (C=O) groups is 2. The highest BCUT2D eigenvalue weighted by molar-refractivity contribution is 7.88. The van der Waals surface area contributed by atoms with Crippen molar-refractivity contribution in [1.29, 1.82) is 0 Å². The van der Waals surface area contributed by atoms with Gasteiger partial charge in [0.15, 0.2) is 0 Å². The van der Waals surface area contributed by atoms with Crippen molar-refractivity contribution in [2.45, 2.75) is 25.7 Å². The molecule has 2 aliphatic rings. The average molecular weight is 346 g/mol. The number of carbonyl (C=O) groups excluding carboxylic acids is 2. The summed E-state index contributed by atoms with van der Waals surface area (Å²) in [4.78, 5) is 28.0. The zero-order valence-electron chi connectivity index (χ0n) is 13.6. The van der Waals surface area contributed by atoms with Crippen LogP contribution in [0.4, 0.5) is 4.79 Å². The summed E-state index contributed by atoms with van der Waals surface area (Å²) in [7, 11) is -3.22. The molecule has 0 aliphatic carbocycles. The van der Waals surface area contributed by atoms with Crippen molar-refractivity contribution in [3.05, 3.63) is 0 Å². The lowest BCUT2D eigenvalue weighted by Crippen LogP contribution is -2.48. The number of urea groups is 1. The molecule has 2 fully saturated rings. The number of sulfonamides is 1. The Morgan fingerprint density at radius 1 is 1.00 bits per heavy atom. The predicted octanol–water partition coefficient (Wildman–Crippen LogP) is -0.420. The van der Waals surface area contributed by atoms with Gasteiger partial charge in [-0.3, -0.25) is 4.79 Å². The first-order valence-corrected chi connectivity index (χ1v) is 10.0. The van der Waals surface area contributed by atoms with Crippen molar-refractivity contribution < 1.29 is 18.0 Å². The molecule has 8 nitrogen and oxygen atoms in total. The van der Waals surface area contributed by atoms with E-state index in [1.807, 2.05) is 9.80 Å². The summed E-state index contributed by atoms with van der Waals surface area (Å²) in [6, 6.07) is 0.0960. The molecule has 23 heavy (non-hydrogen) atoms. The van der Waals surface area contributed by atoms with Gasteiger partial charge in [-0.25, -0.2) is 17.9 Å². The Hall–Kier alpha value is -1.35. The number of hydrogen-bond acceptors (Lipinski definition) is 4. The van der Waals surface area contributed by atoms with Crippen molar-refractivity contribution in [2.75, 3.05) is 45.5 Å². The Morgan fingerprint density at radius 2 is 1.57 bits per heavy atom. The van der Waals surface area contributed by atoms with Crippen molar-refractivity contribution in [2.24, 2.45) is 5.92 Å². The van der Waals surface area contributed by atoms with Gasteiger partial charge in [0, 0.05) is 45.2 Å². The van der Waals surface area contributed by atoms with Gasteiger partial charge in [-0.05, 0) is 25.7 Å². The van der Waals surface area contributed by atoms with Gasteiger partial charge in [0.05, 0.1) is 6.26 Å². The number of rotatable bonds is 5. The highest BCUT2D eigenvalue weighted by Gasteiger charge is 2.30. The fourth-order valence-electron chi connectivity index (χ4n) is 3.01. The second-order valence-electron chi connectivity index (χ2n) is 6.20. The van der Waals surface area contributed by atoms with E-state index in [-0.39, 0.29) is 30.9 Å². The molecular formula is C14H26N4O4S. The second kappa shape index (κ2) is 7.96. The number of hydrogen-bond donors (Lipinski definition) is 2. The van der Waals surface area contributed by atoms with E-state index in [4.69, 9.17) is 0 Å². The smallest absolute Gasteiger partial charge is 0.319 e.